The molecule has 19 heavy (non-hydrogen) atoms. The van der Waals surface area contributed by atoms with Gasteiger partial charge in [0.25, 0.3) is 0 Å². The molecule has 0 N–H and O–H groups in total. The number of hydrogen-bond acceptors (Lipinski definition) is 4. The number of rotatable bonds is 4. The molecule has 1 aromatic heterocycles. The van der Waals surface area contributed by atoms with Crippen molar-refractivity contribution in [1.82, 2.24) is 14.9 Å². The van der Waals surface area contributed by atoms with E-state index in [-0.39, 0.29) is 0 Å². The summed E-state index contributed by atoms with van der Waals surface area (Å²) in [6.45, 7) is 3.40. The number of aromatic nitrogens is 2. The monoisotopic (exact) mass is 255 g/mol. The lowest BCUT2D eigenvalue weighted by Gasteiger charge is -2.14. The maximum atomic E-state index is 5.64. The van der Waals surface area contributed by atoms with Gasteiger partial charge in [-0.3, -0.25) is 4.90 Å². The lowest BCUT2D eigenvalue weighted by Crippen LogP contribution is -2.18. The van der Waals surface area contributed by atoms with Gasteiger partial charge in [-0.05, 0) is 49.7 Å². The Kier molecular flexibility index (Phi) is 3.70. The molecular formula is C15H17N3O. The molecule has 3 rings (SSSR count). The van der Waals surface area contributed by atoms with Gasteiger partial charge in [-0.15, -0.1) is 0 Å². The van der Waals surface area contributed by atoms with Crippen LogP contribution in [-0.2, 0) is 6.54 Å². The van der Waals surface area contributed by atoms with Crippen LogP contribution < -0.4 is 4.74 Å². The van der Waals surface area contributed by atoms with Crippen molar-refractivity contribution in [3.05, 3.63) is 48.3 Å². The first-order valence-corrected chi connectivity index (χ1v) is 6.66. The highest BCUT2D eigenvalue weighted by Crippen LogP contribution is 2.20. The number of nitrogens with zero attached hydrogens (tertiary/aromatic N) is 3. The Morgan fingerprint density at radius 3 is 2.63 bits per heavy atom. The second-order valence-electron chi connectivity index (χ2n) is 4.76. The molecule has 0 spiro atoms. The van der Waals surface area contributed by atoms with Crippen molar-refractivity contribution in [2.75, 3.05) is 13.1 Å². The molecular weight excluding hydrogens is 238 g/mol. The first-order chi connectivity index (χ1) is 9.40. The van der Waals surface area contributed by atoms with E-state index in [1.807, 2.05) is 12.1 Å². The molecule has 1 aromatic carbocycles. The van der Waals surface area contributed by atoms with Gasteiger partial charge in [-0.2, -0.15) is 0 Å². The summed E-state index contributed by atoms with van der Waals surface area (Å²) in [7, 11) is 0. The van der Waals surface area contributed by atoms with Gasteiger partial charge in [-0.1, -0.05) is 12.1 Å². The molecule has 1 aliphatic heterocycles. The summed E-state index contributed by atoms with van der Waals surface area (Å²) in [6, 6.07) is 10.3. The van der Waals surface area contributed by atoms with Crippen molar-refractivity contribution in [3.63, 3.8) is 0 Å². The summed E-state index contributed by atoms with van der Waals surface area (Å²) in [5.41, 5.74) is 1.27. The van der Waals surface area contributed by atoms with Gasteiger partial charge in [0.2, 0.25) is 0 Å². The van der Waals surface area contributed by atoms with E-state index in [1.54, 1.807) is 18.5 Å². The van der Waals surface area contributed by atoms with E-state index in [0.29, 0.717) is 6.01 Å². The van der Waals surface area contributed by atoms with Gasteiger partial charge >= 0.3 is 6.01 Å². The van der Waals surface area contributed by atoms with Gasteiger partial charge in [0.05, 0.1) is 0 Å². The van der Waals surface area contributed by atoms with Crippen LogP contribution in [0, 0.1) is 0 Å². The quantitative estimate of drug-likeness (QED) is 0.842. The highest BCUT2D eigenvalue weighted by atomic mass is 16.5. The minimum absolute atomic E-state index is 0.390. The molecule has 0 atom stereocenters. The van der Waals surface area contributed by atoms with Crippen LogP contribution in [0.5, 0.6) is 11.8 Å². The van der Waals surface area contributed by atoms with Crippen LogP contribution in [0.2, 0.25) is 0 Å². The molecule has 4 heteroatoms. The van der Waals surface area contributed by atoms with Crippen LogP contribution in [0.4, 0.5) is 0 Å². The molecule has 0 radical (unpaired) electrons. The number of benzene rings is 1. The fraction of sp³-hybridized carbons (Fsp3) is 0.333. The summed E-state index contributed by atoms with van der Waals surface area (Å²) in [4.78, 5) is 10.6. The molecule has 98 valence electrons. The second kappa shape index (κ2) is 5.80. The van der Waals surface area contributed by atoms with Crippen molar-refractivity contribution in [3.8, 4) is 11.8 Å². The Bertz CT molecular complexity index is 524. The van der Waals surface area contributed by atoms with Crippen LogP contribution in [0.3, 0.4) is 0 Å². The Hall–Kier alpha value is -1.94. The Labute approximate surface area is 113 Å². The molecule has 0 saturated carbocycles. The van der Waals surface area contributed by atoms with Gasteiger partial charge in [-0.25, -0.2) is 9.97 Å². The van der Waals surface area contributed by atoms with Gasteiger partial charge < -0.3 is 4.74 Å². The molecule has 0 amide bonds. The predicted molar refractivity (Wildman–Crippen MR) is 73.1 cm³/mol. The SMILES string of the molecule is c1cnc(Oc2cccc(CN3CCCC3)c2)nc1. The summed E-state index contributed by atoms with van der Waals surface area (Å²) in [5.74, 6) is 0.794. The van der Waals surface area contributed by atoms with Crippen molar-refractivity contribution < 1.29 is 4.74 Å². The predicted octanol–water partition coefficient (Wildman–Crippen LogP) is 2.86. The largest absolute Gasteiger partial charge is 0.424 e. The van der Waals surface area contributed by atoms with E-state index in [9.17, 15) is 0 Å². The third kappa shape index (κ3) is 3.29. The van der Waals surface area contributed by atoms with E-state index in [1.165, 1.54) is 31.5 Å². The zero-order valence-electron chi connectivity index (χ0n) is 10.8. The van der Waals surface area contributed by atoms with Crippen LogP contribution in [0.25, 0.3) is 0 Å². The highest BCUT2D eigenvalue weighted by Gasteiger charge is 2.12. The van der Waals surface area contributed by atoms with Crippen LogP contribution in [0.15, 0.2) is 42.7 Å². The van der Waals surface area contributed by atoms with Crippen LogP contribution in [0.1, 0.15) is 18.4 Å². The van der Waals surface area contributed by atoms with E-state index in [4.69, 9.17) is 4.74 Å². The third-order valence-corrected chi connectivity index (χ3v) is 3.25. The molecule has 2 aromatic rings. The molecule has 1 saturated heterocycles. The maximum Gasteiger partial charge on any atom is 0.321 e. The summed E-state index contributed by atoms with van der Waals surface area (Å²) < 4.78 is 5.64. The standard InChI is InChI=1S/C15H17N3O/c1-2-10-18(9-1)12-13-5-3-6-14(11-13)19-15-16-7-4-8-17-15/h3-8,11H,1-2,9-10,12H2. The Morgan fingerprint density at radius 2 is 1.84 bits per heavy atom. The minimum Gasteiger partial charge on any atom is -0.424 e. The third-order valence-electron chi connectivity index (χ3n) is 3.25. The molecule has 0 bridgehead atoms. The van der Waals surface area contributed by atoms with E-state index in [2.05, 4.69) is 27.0 Å². The van der Waals surface area contributed by atoms with Gasteiger partial charge in [0, 0.05) is 18.9 Å². The Morgan fingerprint density at radius 1 is 1.05 bits per heavy atom. The maximum absolute atomic E-state index is 5.64. The summed E-state index contributed by atoms with van der Waals surface area (Å²) >= 11 is 0. The van der Waals surface area contributed by atoms with Crippen molar-refractivity contribution >= 4 is 0 Å². The average Bonchev–Trinajstić information content (AvgIpc) is 2.93. The van der Waals surface area contributed by atoms with Crippen molar-refractivity contribution in [1.29, 1.82) is 0 Å². The summed E-state index contributed by atoms with van der Waals surface area (Å²) in [6.07, 6.45) is 5.98. The Balaban J connectivity index is 1.69. The number of likely N-dealkylation sites (tertiary alicyclic amines) is 1. The second-order valence-corrected chi connectivity index (χ2v) is 4.76. The molecule has 0 aliphatic carbocycles. The zero-order chi connectivity index (χ0) is 12.9. The lowest BCUT2D eigenvalue weighted by molar-refractivity contribution is 0.330. The fourth-order valence-electron chi connectivity index (χ4n) is 2.35. The topological polar surface area (TPSA) is 38.2 Å². The normalized spacial score (nSPS) is 15.6. The fourth-order valence-corrected chi connectivity index (χ4v) is 2.35. The van der Waals surface area contributed by atoms with Crippen molar-refractivity contribution in [2.45, 2.75) is 19.4 Å². The lowest BCUT2D eigenvalue weighted by atomic mass is 10.2. The first kappa shape index (κ1) is 12.1. The van der Waals surface area contributed by atoms with Crippen LogP contribution in [-0.4, -0.2) is 28.0 Å². The number of ether oxygens (including phenoxy) is 1. The number of hydrogen-bond donors (Lipinski definition) is 0. The molecule has 1 fully saturated rings. The van der Waals surface area contributed by atoms with Gasteiger partial charge in [0.15, 0.2) is 0 Å². The minimum atomic E-state index is 0.390. The van der Waals surface area contributed by atoms with E-state index < -0.39 is 0 Å². The smallest absolute Gasteiger partial charge is 0.321 e. The van der Waals surface area contributed by atoms with E-state index in [0.717, 1.165) is 12.3 Å². The van der Waals surface area contributed by atoms with Crippen LogP contribution >= 0.6 is 0 Å². The average molecular weight is 255 g/mol. The van der Waals surface area contributed by atoms with E-state index >= 15 is 0 Å². The highest BCUT2D eigenvalue weighted by molar-refractivity contribution is 5.30. The first-order valence-electron chi connectivity index (χ1n) is 6.66. The molecule has 0 unspecified atom stereocenters. The summed E-state index contributed by atoms with van der Waals surface area (Å²) in [5, 5.41) is 0. The van der Waals surface area contributed by atoms with Gasteiger partial charge in [0.1, 0.15) is 5.75 Å². The zero-order valence-corrected chi connectivity index (χ0v) is 10.8. The molecule has 1 aliphatic rings. The molecule has 2 heterocycles. The van der Waals surface area contributed by atoms with Crippen molar-refractivity contribution in [2.24, 2.45) is 0 Å². The molecule has 4 nitrogen and oxygen atoms in total.